The number of halogens is 1. The molecule has 0 fully saturated rings. The van der Waals surface area contributed by atoms with Crippen molar-refractivity contribution in [1.29, 1.82) is 0 Å². The summed E-state index contributed by atoms with van der Waals surface area (Å²) in [4.78, 5) is 24.0. The zero-order valence-corrected chi connectivity index (χ0v) is 13.4. The SMILES string of the molecule is COC(=O)CC(NC(=O)c1cccc(F)c1)c1ccc(OC)cc1. The number of benzene rings is 2. The van der Waals surface area contributed by atoms with E-state index in [0.717, 1.165) is 6.07 Å². The maximum absolute atomic E-state index is 13.3. The monoisotopic (exact) mass is 331 g/mol. The van der Waals surface area contributed by atoms with Crippen LogP contribution in [-0.4, -0.2) is 26.1 Å². The maximum Gasteiger partial charge on any atom is 0.307 e. The molecular weight excluding hydrogens is 313 g/mol. The van der Waals surface area contributed by atoms with Gasteiger partial charge >= 0.3 is 5.97 Å². The van der Waals surface area contributed by atoms with Crippen molar-refractivity contribution in [3.05, 3.63) is 65.5 Å². The van der Waals surface area contributed by atoms with Gasteiger partial charge in [-0.05, 0) is 35.9 Å². The Labute approximate surface area is 139 Å². The molecule has 5 nitrogen and oxygen atoms in total. The van der Waals surface area contributed by atoms with Gasteiger partial charge in [0, 0.05) is 5.56 Å². The van der Waals surface area contributed by atoms with Crippen molar-refractivity contribution in [2.24, 2.45) is 0 Å². The number of carbonyl (C=O) groups excluding carboxylic acids is 2. The average Bonchev–Trinajstić information content (AvgIpc) is 2.61. The second-order valence-corrected chi connectivity index (χ2v) is 5.09. The maximum atomic E-state index is 13.3. The first kappa shape index (κ1) is 17.5. The molecule has 1 atom stereocenters. The number of hydrogen-bond acceptors (Lipinski definition) is 4. The number of methoxy groups -OCH3 is 2. The van der Waals surface area contributed by atoms with Gasteiger partial charge in [0.05, 0.1) is 26.7 Å². The normalized spacial score (nSPS) is 11.5. The molecule has 1 unspecified atom stereocenters. The van der Waals surface area contributed by atoms with Crippen molar-refractivity contribution < 1.29 is 23.5 Å². The van der Waals surface area contributed by atoms with E-state index in [4.69, 9.17) is 4.74 Å². The van der Waals surface area contributed by atoms with Crippen LogP contribution in [0.4, 0.5) is 4.39 Å². The molecule has 1 N–H and O–H groups in total. The van der Waals surface area contributed by atoms with Crippen molar-refractivity contribution in [3.63, 3.8) is 0 Å². The molecule has 2 aromatic carbocycles. The molecule has 0 bridgehead atoms. The van der Waals surface area contributed by atoms with Crippen LogP contribution in [-0.2, 0) is 9.53 Å². The number of rotatable bonds is 6. The molecule has 0 aliphatic rings. The van der Waals surface area contributed by atoms with Gasteiger partial charge in [0.2, 0.25) is 0 Å². The predicted molar refractivity (Wildman–Crippen MR) is 86.2 cm³/mol. The molecule has 2 aromatic rings. The summed E-state index contributed by atoms with van der Waals surface area (Å²) in [5.41, 5.74) is 0.893. The summed E-state index contributed by atoms with van der Waals surface area (Å²) in [7, 11) is 2.83. The smallest absolute Gasteiger partial charge is 0.307 e. The molecule has 0 radical (unpaired) electrons. The van der Waals surface area contributed by atoms with E-state index in [1.807, 2.05) is 0 Å². The van der Waals surface area contributed by atoms with Gasteiger partial charge in [-0.15, -0.1) is 0 Å². The molecule has 0 saturated carbocycles. The van der Waals surface area contributed by atoms with Gasteiger partial charge in [-0.2, -0.15) is 0 Å². The molecule has 24 heavy (non-hydrogen) atoms. The van der Waals surface area contributed by atoms with Crippen molar-refractivity contribution in [1.82, 2.24) is 5.32 Å². The highest BCUT2D eigenvalue weighted by Gasteiger charge is 2.20. The fourth-order valence-electron chi connectivity index (χ4n) is 2.21. The van der Waals surface area contributed by atoms with Crippen molar-refractivity contribution in [2.75, 3.05) is 14.2 Å². The first-order valence-corrected chi connectivity index (χ1v) is 7.30. The standard InChI is InChI=1S/C18H18FNO4/c1-23-15-8-6-12(7-9-15)16(11-17(21)24-2)20-18(22)13-4-3-5-14(19)10-13/h3-10,16H,11H2,1-2H3,(H,20,22). The van der Waals surface area contributed by atoms with E-state index in [0.29, 0.717) is 11.3 Å². The highest BCUT2D eigenvalue weighted by atomic mass is 19.1. The summed E-state index contributed by atoms with van der Waals surface area (Å²) >= 11 is 0. The van der Waals surface area contributed by atoms with E-state index < -0.39 is 23.7 Å². The van der Waals surface area contributed by atoms with Crippen LogP contribution in [0.3, 0.4) is 0 Å². The Morgan fingerprint density at radius 1 is 1.12 bits per heavy atom. The van der Waals surface area contributed by atoms with Crippen LogP contribution in [0.5, 0.6) is 5.75 Å². The Kier molecular flexibility index (Phi) is 5.89. The van der Waals surface area contributed by atoms with Crippen molar-refractivity contribution in [3.8, 4) is 5.75 Å². The van der Waals surface area contributed by atoms with Gasteiger partial charge in [-0.1, -0.05) is 18.2 Å². The summed E-state index contributed by atoms with van der Waals surface area (Å²) in [5.74, 6) is -0.779. The number of hydrogen-bond donors (Lipinski definition) is 1. The van der Waals surface area contributed by atoms with Gasteiger partial charge in [0.15, 0.2) is 0 Å². The van der Waals surface area contributed by atoms with Gasteiger partial charge in [-0.3, -0.25) is 9.59 Å². The fraction of sp³-hybridized carbons (Fsp3) is 0.222. The Hall–Kier alpha value is -2.89. The largest absolute Gasteiger partial charge is 0.497 e. The summed E-state index contributed by atoms with van der Waals surface area (Å²) < 4.78 is 23.0. The van der Waals surface area contributed by atoms with Gasteiger partial charge in [0.1, 0.15) is 11.6 Å². The van der Waals surface area contributed by atoms with Gasteiger partial charge in [-0.25, -0.2) is 4.39 Å². The number of nitrogens with one attached hydrogen (secondary N) is 1. The topological polar surface area (TPSA) is 64.6 Å². The van der Waals surface area contributed by atoms with Crippen molar-refractivity contribution >= 4 is 11.9 Å². The second-order valence-electron chi connectivity index (χ2n) is 5.09. The van der Waals surface area contributed by atoms with Crippen LogP contribution in [0.2, 0.25) is 0 Å². The molecule has 0 heterocycles. The van der Waals surface area contributed by atoms with Crippen LogP contribution in [0, 0.1) is 5.82 Å². The molecule has 0 aliphatic heterocycles. The predicted octanol–water partition coefficient (Wildman–Crippen LogP) is 2.87. The molecule has 6 heteroatoms. The third-order valence-electron chi connectivity index (χ3n) is 3.51. The van der Waals surface area contributed by atoms with Crippen LogP contribution in [0.15, 0.2) is 48.5 Å². The van der Waals surface area contributed by atoms with E-state index >= 15 is 0 Å². The highest BCUT2D eigenvalue weighted by molar-refractivity contribution is 5.94. The zero-order chi connectivity index (χ0) is 17.5. The number of ether oxygens (including phenoxy) is 2. The number of amides is 1. The molecule has 0 aliphatic carbocycles. The first-order valence-electron chi connectivity index (χ1n) is 7.30. The number of carbonyl (C=O) groups is 2. The van der Waals surface area contributed by atoms with Crippen LogP contribution < -0.4 is 10.1 Å². The molecule has 0 spiro atoms. The second kappa shape index (κ2) is 8.10. The third-order valence-corrected chi connectivity index (χ3v) is 3.51. The summed E-state index contributed by atoms with van der Waals surface area (Å²) in [5, 5.41) is 2.73. The van der Waals surface area contributed by atoms with Crippen molar-refractivity contribution in [2.45, 2.75) is 12.5 Å². The van der Waals surface area contributed by atoms with Gasteiger partial charge in [0.25, 0.3) is 5.91 Å². The lowest BCUT2D eigenvalue weighted by atomic mass is 10.0. The summed E-state index contributed by atoms with van der Waals surface area (Å²) in [6.07, 6.45) is -0.0378. The van der Waals surface area contributed by atoms with Crippen LogP contribution in [0.25, 0.3) is 0 Å². The Morgan fingerprint density at radius 3 is 2.42 bits per heavy atom. The minimum Gasteiger partial charge on any atom is -0.497 e. The van der Waals surface area contributed by atoms with Gasteiger partial charge < -0.3 is 14.8 Å². The fourth-order valence-corrected chi connectivity index (χ4v) is 2.21. The minimum absolute atomic E-state index is 0.0378. The lowest BCUT2D eigenvalue weighted by Crippen LogP contribution is -2.30. The van der Waals surface area contributed by atoms with E-state index in [-0.39, 0.29) is 12.0 Å². The lowest BCUT2D eigenvalue weighted by molar-refractivity contribution is -0.141. The zero-order valence-electron chi connectivity index (χ0n) is 13.4. The summed E-state index contributed by atoms with van der Waals surface area (Å²) in [6.45, 7) is 0. The van der Waals surface area contributed by atoms with E-state index in [2.05, 4.69) is 10.1 Å². The van der Waals surface area contributed by atoms with E-state index in [9.17, 15) is 14.0 Å². The third kappa shape index (κ3) is 4.55. The molecule has 2 rings (SSSR count). The molecule has 126 valence electrons. The van der Waals surface area contributed by atoms with Crippen LogP contribution >= 0.6 is 0 Å². The Balaban J connectivity index is 2.21. The number of esters is 1. The Morgan fingerprint density at radius 2 is 1.83 bits per heavy atom. The lowest BCUT2D eigenvalue weighted by Gasteiger charge is -2.18. The quantitative estimate of drug-likeness (QED) is 0.827. The minimum atomic E-state index is -0.598. The summed E-state index contributed by atoms with van der Waals surface area (Å²) in [6, 6.07) is 11.7. The molecule has 0 saturated heterocycles. The first-order chi connectivity index (χ1) is 11.5. The Bertz CT molecular complexity index is 715. The highest BCUT2D eigenvalue weighted by Crippen LogP contribution is 2.21. The van der Waals surface area contributed by atoms with E-state index in [1.165, 1.54) is 25.3 Å². The van der Waals surface area contributed by atoms with Crippen LogP contribution in [0.1, 0.15) is 28.4 Å². The van der Waals surface area contributed by atoms with E-state index in [1.54, 1.807) is 31.4 Å². The molecule has 0 aromatic heterocycles. The molecular formula is C18H18FNO4. The molecule has 1 amide bonds. The average molecular weight is 331 g/mol.